The fourth-order valence-corrected chi connectivity index (χ4v) is 3.15. The second-order valence-corrected chi connectivity index (χ2v) is 6.30. The van der Waals surface area contributed by atoms with Crippen molar-refractivity contribution in [3.63, 3.8) is 0 Å². The Balaban J connectivity index is 2.72. The highest BCUT2D eigenvalue weighted by Gasteiger charge is 2.25. The molecule has 1 atom stereocenters. The highest BCUT2D eigenvalue weighted by molar-refractivity contribution is 9.11. The van der Waals surface area contributed by atoms with Crippen molar-refractivity contribution >= 4 is 22.0 Å². The van der Waals surface area contributed by atoms with E-state index in [-0.39, 0.29) is 0 Å². The summed E-state index contributed by atoms with van der Waals surface area (Å²) >= 11 is 3.66. The lowest BCUT2D eigenvalue weighted by atomic mass is 9.83. The molecule has 0 radical (unpaired) electrons. The van der Waals surface area contributed by atoms with Crippen molar-refractivity contribution in [3.05, 3.63) is 27.2 Å². The second-order valence-electron chi connectivity index (χ2n) is 5.38. The van der Waals surface area contributed by atoms with Gasteiger partial charge in [0.2, 0.25) is 0 Å². The highest BCUT2D eigenvalue weighted by atomic mass is 79.9. The molecule has 0 N–H and O–H groups in total. The Morgan fingerprint density at radius 3 is 2.47 bits per heavy atom. The molecule has 1 aromatic carbocycles. The summed E-state index contributed by atoms with van der Waals surface area (Å²) in [5.41, 5.74) is 3.91. The van der Waals surface area contributed by atoms with E-state index in [2.05, 4.69) is 48.8 Å². The van der Waals surface area contributed by atoms with Gasteiger partial charge in [0.1, 0.15) is 0 Å². The predicted molar refractivity (Wildman–Crippen MR) is 83.4 cm³/mol. The third kappa shape index (κ3) is 2.53. The SMILES string of the molecule is COc1cc2c(c(C(C)C)c1OC)CC(C)C(Br)=C2. The van der Waals surface area contributed by atoms with E-state index in [1.165, 1.54) is 21.2 Å². The van der Waals surface area contributed by atoms with Gasteiger partial charge in [-0.3, -0.25) is 0 Å². The van der Waals surface area contributed by atoms with Crippen molar-refractivity contribution in [1.82, 2.24) is 0 Å². The molecule has 2 rings (SSSR count). The molecule has 0 fully saturated rings. The molecule has 0 heterocycles. The first-order valence-corrected chi connectivity index (χ1v) is 7.43. The zero-order valence-electron chi connectivity index (χ0n) is 12.2. The second kappa shape index (κ2) is 5.58. The number of methoxy groups -OCH3 is 2. The predicted octanol–water partition coefficient (Wildman–Crippen LogP) is 4.76. The summed E-state index contributed by atoms with van der Waals surface area (Å²) < 4.78 is 12.3. The van der Waals surface area contributed by atoms with Gasteiger partial charge in [0.05, 0.1) is 14.2 Å². The van der Waals surface area contributed by atoms with Crippen LogP contribution in [0.1, 0.15) is 43.4 Å². The molecule has 104 valence electrons. The number of hydrogen-bond acceptors (Lipinski definition) is 2. The van der Waals surface area contributed by atoms with Crippen molar-refractivity contribution in [2.75, 3.05) is 14.2 Å². The number of allylic oxidation sites excluding steroid dienone is 1. The minimum atomic E-state index is 0.413. The van der Waals surface area contributed by atoms with E-state index >= 15 is 0 Å². The summed E-state index contributed by atoms with van der Waals surface area (Å²) in [6, 6.07) is 2.08. The molecule has 1 aliphatic carbocycles. The number of benzene rings is 1. The van der Waals surface area contributed by atoms with E-state index in [4.69, 9.17) is 9.47 Å². The van der Waals surface area contributed by atoms with Gasteiger partial charge in [0.25, 0.3) is 0 Å². The summed E-state index contributed by atoms with van der Waals surface area (Å²) in [4.78, 5) is 0. The van der Waals surface area contributed by atoms with E-state index in [9.17, 15) is 0 Å². The maximum atomic E-state index is 5.60. The van der Waals surface area contributed by atoms with Crippen molar-refractivity contribution in [2.45, 2.75) is 33.1 Å². The van der Waals surface area contributed by atoms with Crippen LogP contribution < -0.4 is 9.47 Å². The topological polar surface area (TPSA) is 18.5 Å². The average Bonchev–Trinajstić information content (AvgIpc) is 2.37. The number of ether oxygens (including phenoxy) is 2. The van der Waals surface area contributed by atoms with Gasteiger partial charge in [-0.1, -0.05) is 36.7 Å². The first-order valence-electron chi connectivity index (χ1n) is 6.64. The number of rotatable bonds is 3. The Hall–Kier alpha value is -0.960. The number of hydrogen-bond donors (Lipinski definition) is 0. The van der Waals surface area contributed by atoms with Crippen molar-refractivity contribution in [3.8, 4) is 11.5 Å². The van der Waals surface area contributed by atoms with E-state index < -0.39 is 0 Å². The van der Waals surface area contributed by atoms with Crippen LogP contribution >= 0.6 is 15.9 Å². The van der Waals surface area contributed by atoms with Crippen LogP contribution in [0.5, 0.6) is 11.5 Å². The highest BCUT2D eigenvalue weighted by Crippen LogP contribution is 2.44. The molecule has 1 aliphatic rings. The fourth-order valence-electron chi connectivity index (χ4n) is 2.74. The number of fused-ring (bicyclic) bond motifs is 1. The van der Waals surface area contributed by atoms with Gasteiger partial charge in [-0.25, -0.2) is 0 Å². The molecule has 3 heteroatoms. The Morgan fingerprint density at radius 1 is 1.26 bits per heavy atom. The smallest absolute Gasteiger partial charge is 0.164 e. The molecule has 0 saturated carbocycles. The van der Waals surface area contributed by atoms with Gasteiger partial charge in [0, 0.05) is 5.56 Å². The molecule has 0 saturated heterocycles. The standard InChI is InChI=1S/C16H21BrO2/c1-9(2)15-12-6-10(3)13(17)7-11(12)8-14(18-4)16(15)19-5/h7-10H,6H2,1-5H3. The normalized spacial score (nSPS) is 18.1. The third-order valence-corrected chi connectivity index (χ3v) is 4.71. The van der Waals surface area contributed by atoms with Crippen LogP contribution in [0.25, 0.3) is 6.08 Å². The summed E-state index contributed by atoms with van der Waals surface area (Å²) in [7, 11) is 3.41. The Kier molecular flexibility index (Phi) is 4.24. The van der Waals surface area contributed by atoms with Crippen LogP contribution in [0.3, 0.4) is 0 Å². The lowest BCUT2D eigenvalue weighted by molar-refractivity contribution is 0.349. The molecule has 1 aromatic rings. The molecular formula is C16H21BrO2. The maximum Gasteiger partial charge on any atom is 0.164 e. The monoisotopic (exact) mass is 324 g/mol. The minimum Gasteiger partial charge on any atom is -0.493 e. The molecular weight excluding hydrogens is 304 g/mol. The Bertz CT molecular complexity index is 518. The van der Waals surface area contributed by atoms with Gasteiger partial charge in [-0.2, -0.15) is 0 Å². The van der Waals surface area contributed by atoms with Crippen LogP contribution in [0.15, 0.2) is 10.5 Å². The summed E-state index contributed by atoms with van der Waals surface area (Å²) in [6.07, 6.45) is 3.25. The first kappa shape index (κ1) is 14.4. The third-order valence-electron chi connectivity index (χ3n) is 3.70. The molecule has 1 unspecified atom stereocenters. The van der Waals surface area contributed by atoms with Crippen molar-refractivity contribution in [1.29, 1.82) is 0 Å². The fraction of sp³-hybridized carbons (Fsp3) is 0.500. The quantitative estimate of drug-likeness (QED) is 0.798. The van der Waals surface area contributed by atoms with E-state index in [1.807, 2.05) is 0 Å². The summed E-state index contributed by atoms with van der Waals surface area (Å²) in [5, 5.41) is 0. The van der Waals surface area contributed by atoms with Crippen LogP contribution in [0.4, 0.5) is 0 Å². The van der Waals surface area contributed by atoms with Gasteiger partial charge >= 0.3 is 0 Å². The number of halogens is 1. The van der Waals surface area contributed by atoms with Gasteiger partial charge < -0.3 is 9.47 Å². The Labute approximate surface area is 123 Å². The largest absolute Gasteiger partial charge is 0.493 e. The zero-order chi connectivity index (χ0) is 14.2. The lowest BCUT2D eigenvalue weighted by Crippen LogP contribution is -2.12. The maximum absolute atomic E-state index is 5.60. The molecule has 0 aliphatic heterocycles. The molecule has 0 aromatic heterocycles. The molecule has 0 spiro atoms. The van der Waals surface area contributed by atoms with Crippen LogP contribution in [0.2, 0.25) is 0 Å². The summed E-state index contributed by atoms with van der Waals surface area (Å²) in [6.45, 7) is 6.65. The van der Waals surface area contributed by atoms with Crippen molar-refractivity contribution in [2.24, 2.45) is 5.92 Å². The van der Waals surface area contributed by atoms with Gasteiger partial charge in [-0.05, 0) is 46.0 Å². The van der Waals surface area contributed by atoms with Crippen molar-refractivity contribution < 1.29 is 9.47 Å². The minimum absolute atomic E-state index is 0.413. The zero-order valence-corrected chi connectivity index (χ0v) is 13.8. The molecule has 2 nitrogen and oxygen atoms in total. The molecule has 0 amide bonds. The first-order chi connectivity index (χ1) is 8.99. The van der Waals surface area contributed by atoms with Crippen LogP contribution in [-0.4, -0.2) is 14.2 Å². The van der Waals surface area contributed by atoms with E-state index in [0.29, 0.717) is 11.8 Å². The average molecular weight is 325 g/mol. The van der Waals surface area contributed by atoms with Gasteiger partial charge in [0.15, 0.2) is 11.5 Å². The Morgan fingerprint density at radius 2 is 1.95 bits per heavy atom. The van der Waals surface area contributed by atoms with E-state index in [1.54, 1.807) is 14.2 Å². The molecule has 0 bridgehead atoms. The van der Waals surface area contributed by atoms with Gasteiger partial charge in [-0.15, -0.1) is 0 Å². The summed E-state index contributed by atoms with van der Waals surface area (Å²) in [5.74, 6) is 2.63. The van der Waals surface area contributed by atoms with Crippen LogP contribution in [-0.2, 0) is 6.42 Å². The van der Waals surface area contributed by atoms with Crippen LogP contribution in [0, 0.1) is 5.92 Å². The molecule has 19 heavy (non-hydrogen) atoms. The van der Waals surface area contributed by atoms with E-state index in [0.717, 1.165) is 17.9 Å². The lowest BCUT2D eigenvalue weighted by Gasteiger charge is -2.27.